The van der Waals surface area contributed by atoms with Crippen LogP contribution in [0.15, 0.2) is 18.6 Å². The zero-order valence-corrected chi connectivity index (χ0v) is 10.9. The van der Waals surface area contributed by atoms with E-state index in [1.807, 2.05) is 10.7 Å². The number of rotatable bonds is 5. The SMILES string of the molecule is CCc1nn(-c2ccncn2)c(CC)c1CCN. The van der Waals surface area contributed by atoms with Crippen LogP contribution in [0.25, 0.3) is 5.82 Å². The predicted octanol–water partition coefficient (Wildman–Crippen LogP) is 1.29. The minimum Gasteiger partial charge on any atom is -0.330 e. The van der Waals surface area contributed by atoms with E-state index in [2.05, 4.69) is 28.9 Å². The third-order valence-electron chi connectivity index (χ3n) is 3.02. The predicted molar refractivity (Wildman–Crippen MR) is 70.7 cm³/mol. The Kier molecular flexibility index (Phi) is 4.04. The molecule has 0 aliphatic heterocycles. The molecule has 0 atom stereocenters. The highest BCUT2D eigenvalue weighted by Gasteiger charge is 2.16. The van der Waals surface area contributed by atoms with Crippen LogP contribution in [0.4, 0.5) is 0 Å². The summed E-state index contributed by atoms with van der Waals surface area (Å²) in [7, 11) is 0. The van der Waals surface area contributed by atoms with E-state index in [9.17, 15) is 0 Å². The quantitative estimate of drug-likeness (QED) is 0.861. The maximum absolute atomic E-state index is 5.69. The standard InChI is InChI=1S/C13H19N5/c1-3-11-10(5-7-14)12(4-2)18(17-11)13-6-8-15-9-16-13/h6,8-9H,3-5,7,14H2,1-2H3. The van der Waals surface area contributed by atoms with Crippen LogP contribution in [-0.2, 0) is 19.3 Å². The number of aryl methyl sites for hydroxylation is 1. The van der Waals surface area contributed by atoms with Gasteiger partial charge >= 0.3 is 0 Å². The Balaban J connectivity index is 2.54. The summed E-state index contributed by atoms with van der Waals surface area (Å²) in [6.45, 7) is 4.90. The van der Waals surface area contributed by atoms with Crippen LogP contribution in [0.3, 0.4) is 0 Å². The Bertz CT molecular complexity index is 504. The average Bonchev–Trinajstić information content (AvgIpc) is 2.78. The largest absolute Gasteiger partial charge is 0.330 e. The average molecular weight is 245 g/mol. The van der Waals surface area contributed by atoms with Gasteiger partial charge in [-0.05, 0) is 31.4 Å². The van der Waals surface area contributed by atoms with Crippen molar-refractivity contribution in [3.8, 4) is 5.82 Å². The van der Waals surface area contributed by atoms with Crippen LogP contribution in [0.5, 0.6) is 0 Å². The van der Waals surface area contributed by atoms with E-state index in [4.69, 9.17) is 5.73 Å². The Morgan fingerprint density at radius 2 is 2.11 bits per heavy atom. The number of nitrogens with two attached hydrogens (primary N) is 1. The fourth-order valence-electron chi connectivity index (χ4n) is 2.21. The molecule has 2 aromatic rings. The molecule has 0 amide bonds. The monoisotopic (exact) mass is 245 g/mol. The highest BCUT2D eigenvalue weighted by atomic mass is 15.3. The molecule has 96 valence electrons. The normalized spacial score (nSPS) is 10.8. The minimum absolute atomic E-state index is 0.648. The smallest absolute Gasteiger partial charge is 0.156 e. The van der Waals surface area contributed by atoms with Crippen molar-refractivity contribution in [2.75, 3.05) is 6.54 Å². The molecule has 0 saturated carbocycles. The number of hydrogen-bond acceptors (Lipinski definition) is 4. The fraction of sp³-hybridized carbons (Fsp3) is 0.462. The van der Waals surface area contributed by atoms with Gasteiger partial charge in [-0.1, -0.05) is 13.8 Å². The summed E-state index contributed by atoms with van der Waals surface area (Å²) >= 11 is 0. The van der Waals surface area contributed by atoms with Gasteiger partial charge in [0.05, 0.1) is 5.69 Å². The molecule has 0 fully saturated rings. The molecule has 0 unspecified atom stereocenters. The van der Waals surface area contributed by atoms with Crippen LogP contribution < -0.4 is 5.73 Å². The molecule has 2 heterocycles. The highest BCUT2D eigenvalue weighted by Crippen LogP contribution is 2.19. The second kappa shape index (κ2) is 5.73. The number of hydrogen-bond donors (Lipinski definition) is 1. The molecule has 0 saturated heterocycles. The van der Waals surface area contributed by atoms with Gasteiger partial charge < -0.3 is 5.73 Å². The summed E-state index contributed by atoms with van der Waals surface area (Å²) in [5.41, 5.74) is 9.30. The first-order valence-corrected chi connectivity index (χ1v) is 6.37. The van der Waals surface area contributed by atoms with Gasteiger partial charge in [0.1, 0.15) is 6.33 Å². The zero-order chi connectivity index (χ0) is 13.0. The topological polar surface area (TPSA) is 69.6 Å². The van der Waals surface area contributed by atoms with Crippen LogP contribution >= 0.6 is 0 Å². The van der Waals surface area contributed by atoms with E-state index >= 15 is 0 Å². The maximum atomic E-state index is 5.69. The third-order valence-corrected chi connectivity index (χ3v) is 3.02. The highest BCUT2D eigenvalue weighted by molar-refractivity contribution is 5.33. The van der Waals surface area contributed by atoms with E-state index in [0.29, 0.717) is 6.54 Å². The van der Waals surface area contributed by atoms with Crippen molar-refractivity contribution in [2.24, 2.45) is 5.73 Å². The minimum atomic E-state index is 0.648. The molecule has 0 aliphatic carbocycles. The van der Waals surface area contributed by atoms with Crippen LogP contribution in [0, 0.1) is 0 Å². The summed E-state index contributed by atoms with van der Waals surface area (Å²) in [5, 5.41) is 4.66. The van der Waals surface area contributed by atoms with Crippen LogP contribution in [0.2, 0.25) is 0 Å². The number of nitrogens with zero attached hydrogens (tertiary/aromatic N) is 4. The van der Waals surface area contributed by atoms with Crippen molar-refractivity contribution >= 4 is 0 Å². The van der Waals surface area contributed by atoms with Crippen molar-refractivity contribution < 1.29 is 0 Å². The van der Waals surface area contributed by atoms with Gasteiger partial charge in [0.2, 0.25) is 0 Å². The molecule has 0 aromatic carbocycles. The first kappa shape index (κ1) is 12.7. The molecule has 2 N–H and O–H groups in total. The van der Waals surface area contributed by atoms with Crippen molar-refractivity contribution in [2.45, 2.75) is 33.1 Å². The van der Waals surface area contributed by atoms with Gasteiger partial charge in [-0.25, -0.2) is 14.6 Å². The molecule has 0 bridgehead atoms. The van der Waals surface area contributed by atoms with Crippen LogP contribution in [-0.4, -0.2) is 26.3 Å². The Labute approximate surface area is 107 Å². The molecule has 18 heavy (non-hydrogen) atoms. The fourth-order valence-corrected chi connectivity index (χ4v) is 2.21. The van der Waals surface area contributed by atoms with Gasteiger partial charge in [-0.2, -0.15) is 5.10 Å². The summed E-state index contributed by atoms with van der Waals surface area (Å²) in [6, 6.07) is 1.87. The molecule has 2 aromatic heterocycles. The molecular formula is C13H19N5. The van der Waals surface area contributed by atoms with Gasteiger partial charge in [0, 0.05) is 18.0 Å². The van der Waals surface area contributed by atoms with E-state index in [1.165, 1.54) is 11.3 Å². The summed E-state index contributed by atoms with van der Waals surface area (Å²) in [6.07, 6.45) is 5.99. The van der Waals surface area contributed by atoms with Crippen molar-refractivity contribution in [3.05, 3.63) is 35.5 Å². The molecule has 0 radical (unpaired) electrons. The van der Waals surface area contributed by atoms with Gasteiger partial charge in [-0.3, -0.25) is 0 Å². The molecule has 2 rings (SSSR count). The van der Waals surface area contributed by atoms with Gasteiger partial charge in [0.15, 0.2) is 5.82 Å². The lowest BCUT2D eigenvalue weighted by atomic mass is 10.1. The van der Waals surface area contributed by atoms with Crippen molar-refractivity contribution in [1.29, 1.82) is 0 Å². The Hall–Kier alpha value is -1.75. The van der Waals surface area contributed by atoms with Gasteiger partial charge in [-0.15, -0.1) is 0 Å². The van der Waals surface area contributed by atoms with Gasteiger partial charge in [0.25, 0.3) is 0 Å². The second-order valence-electron chi connectivity index (χ2n) is 4.10. The maximum Gasteiger partial charge on any atom is 0.156 e. The van der Waals surface area contributed by atoms with E-state index in [0.717, 1.165) is 30.8 Å². The van der Waals surface area contributed by atoms with E-state index in [-0.39, 0.29) is 0 Å². The lowest BCUT2D eigenvalue weighted by molar-refractivity contribution is 0.767. The lowest BCUT2D eigenvalue weighted by Crippen LogP contribution is -2.08. The van der Waals surface area contributed by atoms with E-state index < -0.39 is 0 Å². The Morgan fingerprint density at radius 1 is 1.28 bits per heavy atom. The molecular weight excluding hydrogens is 226 g/mol. The molecule has 0 spiro atoms. The second-order valence-corrected chi connectivity index (χ2v) is 4.10. The Morgan fingerprint density at radius 3 is 2.67 bits per heavy atom. The zero-order valence-electron chi connectivity index (χ0n) is 10.9. The number of aromatic nitrogens is 4. The summed E-state index contributed by atoms with van der Waals surface area (Å²) in [4.78, 5) is 8.20. The van der Waals surface area contributed by atoms with E-state index in [1.54, 1.807) is 12.5 Å². The summed E-state index contributed by atoms with van der Waals surface area (Å²) in [5.74, 6) is 0.819. The molecule has 5 heteroatoms. The van der Waals surface area contributed by atoms with Crippen LogP contribution in [0.1, 0.15) is 30.8 Å². The lowest BCUT2D eigenvalue weighted by Gasteiger charge is -2.06. The van der Waals surface area contributed by atoms with Crippen molar-refractivity contribution in [1.82, 2.24) is 19.7 Å². The first-order chi connectivity index (χ1) is 8.81. The van der Waals surface area contributed by atoms with Crippen molar-refractivity contribution in [3.63, 3.8) is 0 Å². The molecule has 0 aliphatic rings. The summed E-state index contributed by atoms with van der Waals surface area (Å²) < 4.78 is 1.92. The third kappa shape index (κ3) is 2.26. The molecule has 5 nitrogen and oxygen atoms in total. The first-order valence-electron chi connectivity index (χ1n) is 6.37.